The molecule has 0 aromatic heterocycles. The number of nitrogens with one attached hydrogen (secondary N) is 2. The van der Waals surface area contributed by atoms with Crippen LogP contribution in [0.25, 0.3) is 0 Å². The lowest BCUT2D eigenvalue weighted by Crippen LogP contribution is -2.48. The molecule has 2 rings (SSSR count). The average Bonchev–Trinajstić information content (AvgIpc) is 3.14. The molecular weight excluding hydrogens is 248 g/mol. The zero-order chi connectivity index (χ0) is 13.8. The van der Waals surface area contributed by atoms with Gasteiger partial charge in [-0.25, -0.2) is 4.79 Å². The van der Waals surface area contributed by atoms with Crippen LogP contribution in [0, 0.1) is 5.92 Å². The van der Waals surface area contributed by atoms with E-state index in [4.69, 9.17) is 5.11 Å². The Hall–Kier alpha value is -1.30. The summed E-state index contributed by atoms with van der Waals surface area (Å²) >= 11 is 0. The molecule has 2 amide bonds. The normalized spacial score (nSPS) is 28.5. The van der Waals surface area contributed by atoms with Crippen LogP contribution < -0.4 is 10.6 Å². The largest absolute Gasteiger partial charge is 0.481 e. The van der Waals surface area contributed by atoms with Crippen molar-refractivity contribution in [2.45, 2.75) is 63.1 Å². The minimum Gasteiger partial charge on any atom is -0.481 e. The smallest absolute Gasteiger partial charge is 0.315 e. The molecule has 1 atom stereocenters. The van der Waals surface area contributed by atoms with Crippen molar-refractivity contribution in [2.24, 2.45) is 5.92 Å². The van der Waals surface area contributed by atoms with Gasteiger partial charge in [-0.2, -0.15) is 0 Å². The van der Waals surface area contributed by atoms with Crippen molar-refractivity contribution in [1.29, 1.82) is 0 Å². The number of carbonyl (C=O) groups is 2. The predicted molar refractivity (Wildman–Crippen MR) is 68.7 cm³/mol. The Morgan fingerprint density at radius 3 is 2.26 bits per heavy atom. The summed E-state index contributed by atoms with van der Waals surface area (Å²) in [7, 11) is 0. The Balaban J connectivity index is 1.74. The van der Waals surface area contributed by atoms with Gasteiger partial charge in [0, 0.05) is 12.1 Å². The van der Waals surface area contributed by atoms with E-state index in [9.17, 15) is 14.7 Å². The van der Waals surface area contributed by atoms with E-state index in [0.29, 0.717) is 18.8 Å². The van der Waals surface area contributed by atoms with E-state index in [1.807, 2.05) is 0 Å². The van der Waals surface area contributed by atoms with Crippen LogP contribution in [0.2, 0.25) is 0 Å². The summed E-state index contributed by atoms with van der Waals surface area (Å²) in [5.74, 6) is -0.562. The highest BCUT2D eigenvalue weighted by atomic mass is 16.4. The number of hydrogen-bond donors (Lipinski definition) is 4. The van der Waals surface area contributed by atoms with Gasteiger partial charge in [-0.15, -0.1) is 0 Å². The number of carboxylic acid groups (broad SMARTS) is 1. The maximum Gasteiger partial charge on any atom is 0.315 e. The lowest BCUT2D eigenvalue weighted by atomic mass is 9.93. The van der Waals surface area contributed by atoms with E-state index in [1.165, 1.54) is 0 Å². The van der Waals surface area contributed by atoms with E-state index < -0.39 is 5.97 Å². The van der Waals surface area contributed by atoms with Gasteiger partial charge in [-0.3, -0.25) is 4.79 Å². The first-order chi connectivity index (χ1) is 9.04. The van der Waals surface area contributed by atoms with Crippen LogP contribution in [0.4, 0.5) is 4.79 Å². The number of carbonyl (C=O) groups excluding carboxylic acids is 1. The monoisotopic (exact) mass is 270 g/mol. The second kappa shape index (κ2) is 6.23. The first kappa shape index (κ1) is 14.1. The van der Waals surface area contributed by atoms with Crippen LogP contribution in [-0.2, 0) is 4.79 Å². The van der Waals surface area contributed by atoms with Crippen LogP contribution in [0.5, 0.6) is 0 Å². The molecule has 1 unspecified atom stereocenters. The SMILES string of the molecule is O=C(O)CC(NC(=O)NC1CCC(O)CC1)C1CC1. The molecule has 2 aliphatic rings. The lowest BCUT2D eigenvalue weighted by Gasteiger charge is -2.27. The Morgan fingerprint density at radius 1 is 1.11 bits per heavy atom. The minimum absolute atomic E-state index is 0.0124. The number of hydrogen-bond acceptors (Lipinski definition) is 3. The molecule has 0 spiro atoms. The minimum atomic E-state index is -0.877. The van der Waals surface area contributed by atoms with E-state index in [-0.39, 0.29) is 30.6 Å². The molecule has 0 bridgehead atoms. The first-order valence-corrected chi connectivity index (χ1v) is 7.01. The molecule has 0 aliphatic heterocycles. The molecule has 2 fully saturated rings. The average molecular weight is 270 g/mol. The highest BCUT2D eigenvalue weighted by Gasteiger charge is 2.34. The van der Waals surface area contributed by atoms with Crippen molar-refractivity contribution in [3.63, 3.8) is 0 Å². The zero-order valence-electron chi connectivity index (χ0n) is 11.0. The van der Waals surface area contributed by atoms with Gasteiger partial charge in [0.1, 0.15) is 0 Å². The summed E-state index contributed by atoms with van der Waals surface area (Å²) in [5.41, 5.74) is 0. The van der Waals surface area contributed by atoms with Gasteiger partial charge in [0.05, 0.1) is 12.5 Å². The number of amides is 2. The standard InChI is InChI=1S/C13H22N2O4/c16-10-5-3-9(4-6-10)14-13(19)15-11(7-12(17)18)8-1-2-8/h8-11,16H,1-7H2,(H,17,18)(H2,14,15,19). The molecule has 0 radical (unpaired) electrons. The van der Waals surface area contributed by atoms with Crippen LogP contribution in [0.3, 0.4) is 0 Å². The maximum absolute atomic E-state index is 11.8. The number of urea groups is 1. The molecule has 0 aromatic rings. The molecule has 0 heterocycles. The van der Waals surface area contributed by atoms with Gasteiger partial charge in [-0.05, 0) is 44.4 Å². The highest BCUT2D eigenvalue weighted by Crippen LogP contribution is 2.34. The molecule has 0 saturated heterocycles. The first-order valence-electron chi connectivity index (χ1n) is 7.01. The fourth-order valence-electron chi connectivity index (χ4n) is 2.64. The number of carboxylic acids is 1. The van der Waals surface area contributed by atoms with E-state index in [0.717, 1.165) is 25.7 Å². The van der Waals surface area contributed by atoms with Crippen LogP contribution >= 0.6 is 0 Å². The van der Waals surface area contributed by atoms with E-state index in [1.54, 1.807) is 0 Å². The highest BCUT2D eigenvalue weighted by molar-refractivity contribution is 5.76. The second-order valence-electron chi connectivity index (χ2n) is 5.67. The fourth-order valence-corrected chi connectivity index (χ4v) is 2.64. The molecule has 2 aliphatic carbocycles. The summed E-state index contributed by atoms with van der Waals surface area (Å²) in [6.07, 6.45) is 4.72. The van der Waals surface area contributed by atoms with Crippen molar-refractivity contribution in [3.05, 3.63) is 0 Å². The van der Waals surface area contributed by atoms with Gasteiger partial charge in [0.15, 0.2) is 0 Å². The maximum atomic E-state index is 11.8. The van der Waals surface area contributed by atoms with Crippen molar-refractivity contribution in [3.8, 4) is 0 Å². The van der Waals surface area contributed by atoms with Gasteiger partial charge < -0.3 is 20.8 Å². The molecule has 0 aromatic carbocycles. The number of rotatable bonds is 5. The van der Waals surface area contributed by atoms with E-state index in [2.05, 4.69) is 10.6 Å². The van der Waals surface area contributed by atoms with Gasteiger partial charge in [0.25, 0.3) is 0 Å². The number of aliphatic hydroxyl groups excluding tert-OH is 1. The Morgan fingerprint density at radius 2 is 1.74 bits per heavy atom. The molecule has 4 N–H and O–H groups in total. The quantitative estimate of drug-likeness (QED) is 0.595. The topological polar surface area (TPSA) is 98.7 Å². The third kappa shape index (κ3) is 4.70. The number of aliphatic carboxylic acids is 1. The molecular formula is C13H22N2O4. The van der Waals surface area contributed by atoms with E-state index >= 15 is 0 Å². The van der Waals surface area contributed by atoms with Crippen LogP contribution in [-0.4, -0.2) is 40.4 Å². The third-order valence-corrected chi connectivity index (χ3v) is 3.93. The molecule has 6 nitrogen and oxygen atoms in total. The molecule has 6 heteroatoms. The van der Waals surface area contributed by atoms with Crippen molar-refractivity contribution < 1.29 is 19.8 Å². The van der Waals surface area contributed by atoms with Crippen molar-refractivity contribution in [2.75, 3.05) is 0 Å². The van der Waals surface area contributed by atoms with Gasteiger partial charge in [-0.1, -0.05) is 0 Å². The molecule has 19 heavy (non-hydrogen) atoms. The number of aliphatic hydroxyl groups is 1. The second-order valence-corrected chi connectivity index (χ2v) is 5.67. The summed E-state index contributed by atoms with van der Waals surface area (Å²) < 4.78 is 0. The van der Waals surface area contributed by atoms with Crippen molar-refractivity contribution >= 4 is 12.0 Å². The fraction of sp³-hybridized carbons (Fsp3) is 0.846. The van der Waals surface area contributed by atoms with Gasteiger partial charge in [0.2, 0.25) is 0 Å². The zero-order valence-corrected chi connectivity index (χ0v) is 11.0. The van der Waals surface area contributed by atoms with Crippen molar-refractivity contribution in [1.82, 2.24) is 10.6 Å². The Labute approximate surface area is 112 Å². The van der Waals surface area contributed by atoms with Crippen LogP contribution in [0.15, 0.2) is 0 Å². The summed E-state index contributed by atoms with van der Waals surface area (Å²) in [5, 5.41) is 23.9. The Bertz CT molecular complexity index is 336. The predicted octanol–water partition coefficient (Wildman–Crippen LogP) is 0.842. The Kier molecular flexibility index (Phi) is 4.63. The van der Waals surface area contributed by atoms with Gasteiger partial charge >= 0.3 is 12.0 Å². The summed E-state index contributed by atoms with van der Waals surface area (Å²) in [6, 6.07) is -0.445. The summed E-state index contributed by atoms with van der Waals surface area (Å²) in [6.45, 7) is 0. The molecule has 2 saturated carbocycles. The molecule has 108 valence electrons. The third-order valence-electron chi connectivity index (χ3n) is 3.93. The summed E-state index contributed by atoms with van der Waals surface area (Å²) in [4.78, 5) is 22.6. The lowest BCUT2D eigenvalue weighted by molar-refractivity contribution is -0.137. The van der Waals surface area contributed by atoms with Crippen LogP contribution in [0.1, 0.15) is 44.9 Å².